The van der Waals surface area contributed by atoms with Gasteiger partial charge >= 0.3 is 0 Å². The van der Waals surface area contributed by atoms with Crippen LogP contribution in [0.2, 0.25) is 0 Å². The molecule has 2 aromatic heterocycles. The predicted octanol–water partition coefficient (Wildman–Crippen LogP) is 1.56. The summed E-state index contributed by atoms with van der Waals surface area (Å²) in [6, 6.07) is 3.69. The quantitative estimate of drug-likeness (QED) is 0.864. The van der Waals surface area contributed by atoms with Gasteiger partial charge in [-0.05, 0) is 28.9 Å². The molecule has 0 aromatic carbocycles. The molecule has 0 spiro atoms. The summed E-state index contributed by atoms with van der Waals surface area (Å²) in [6.45, 7) is 0. The van der Waals surface area contributed by atoms with Crippen LogP contribution in [-0.4, -0.2) is 22.1 Å². The number of carbonyl (C=O) groups excluding carboxylic acids is 1. The fraction of sp³-hybridized carbons (Fsp3) is 0.417. The van der Waals surface area contributed by atoms with Crippen LogP contribution in [0, 0.1) is 0 Å². The largest absolute Gasteiger partial charge is 0.469 e. The van der Waals surface area contributed by atoms with Gasteiger partial charge in [0, 0.05) is 24.8 Å². The molecule has 0 aliphatic heterocycles. The molecular weight excluding hydrogens is 248 g/mol. The maximum atomic E-state index is 11.8. The van der Waals surface area contributed by atoms with Crippen molar-refractivity contribution in [3.63, 3.8) is 0 Å². The minimum Gasteiger partial charge on any atom is -0.469 e. The Morgan fingerprint density at radius 1 is 1.37 bits per heavy atom. The molecule has 1 fully saturated rings. The van der Waals surface area contributed by atoms with E-state index in [4.69, 9.17) is 10.2 Å². The molecule has 2 aromatic rings. The van der Waals surface area contributed by atoms with Gasteiger partial charge in [0.15, 0.2) is 0 Å². The molecule has 1 aliphatic rings. The number of nitrogens with one attached hydrogen (secondary N) is 1. The van der Waals surface area contributed by atoms with Crippen LogP contribution in [0.15, 0.2) is 27.4 Å². The minimum absolute atomic E-state index is 0.0365. The van der Waals surface area contributed by atoms with Crippen LogP contribution < -0.4 is 11.1 Å². The number of furan rings is 1. The van der Waals surface area contributed by atoms with E-state index in [9.17, 15) is 4.79 Å². The van der Waals surface area contributed by atoms with Crippen molar-refractivity contribution < 1.29 is 13.8 Å². The van der Waals surface area contributed by atoms with Crippen molar-refractivity contribution in [2.75, 3.05) is 11.1 Å². The average Bonchev–Trinajstić information content (AvgIpc) is 3.01. The van der Waals surface area contributed by atoms with Crippen molar-refractivity contribution in [1.29, 1.82) is 0 Å². The fourth-order valence-electron chi connectivity index (χ4n) is 2.48. The molecule has 3 N–H and O–H groups in total. The summed E-state index contributed by atoms with van der Waals surface area (Å²) in [6.07, 6.45) is 3.36. The van der Waals surface area contributed by atoms with E-state index in [0.29, 0.717) is 18.7 Å². The summed E-state index contributed by atoms with van der Waals surface area (Å²) >= 11 is 0. The van der Waals surface area contributed by atoms with Crippen molar-refractivity contribution >= 4 is 17.4 Å². The first-order valence-corrected chi connectivity index (χ1v) is 6.12. The van der Waals surface area contributed by atoms with Gasteiger partial charge in [0.25, 0.3) is 0 Å². The number of aromatic nitrogens is 2. The second-order valence-electron chi connectivity index (χ2n) is 4.73. The van der Waals surface area contributed by atoms with E-state index in [1.165, 1.54) is 0 Å². The Balaban J connectivity index is 1.72. The van der Waals surface area contributed by atoms with E-state index in [1.807, 2.05) is 12.1 Å². The molecule has 0 radical (unpaired) electrons. The fourth-order valence-corrected chi connectivity index (χ4v) is 2.48. The molecule has 1 saturated carbocycles. The SMILES string of the molecule is Nc1nonc1N[C@H]1CC(=O)C[C@@H](c2ccco2)C1. The summed E-state index contributed by atoms with van der Waals surface area (Å²) in [5, 5.41) is 10.3. The van der Waals surface area contributed by atoms with Gasteiger partial charge in [0.05, 0.1) is 6.26 Å². The van der Waals surface area contributed by atoms with Gasteiger partial charge in [-0.25, -0.2) is 4.63 Å². The smallest absolute Gasteiger partial charge is 0.215 e. The molecule has 100 valence electrons. The number of rotatable bonds is 3. The highest BCUT2D eigenvalue weighted by molar-refractivity contribution is 5.81. The van der Waals surface area contributed by atoms with Crippen molar-refractivity contribution in [2.45, 2.75) is 31.2 Å². The topological polar surface area (TPSA) is 107 Å². The number of hydrogen-bond acceptors (Lipinski definition) is 7. The summed E-state index contributed by atoms with van der Waals surface area (Å²) in [7, 11) is 0. The number of ketones is 1. The van der Waals surface area contributed by atoms with Crippen molar-refractivity contribution in [3.8, 4) is 0 Å². The number of carbonyl (C=O) groups is 1. The van der Waals surface area contributed by atoms with E-state index in [2.05, 4.69) is 20.3 Å². The molecule has 0 amide bonds. The van der Waals surface area contributed by atoms with Gasteiger partial charge in [0.1, 0.15) is 11.5 Å². The monoisotopic (exact) mass is 262 g/mol. The highest BCUT2D eigenvalue weighted by atomic mass is 16.6. The average molecular weight is 262 g/mol. The zero-order valence-corrected chi connectivity index (χ0v) is 10.2. The predicted molar refractivity (Wildman–Crippen MR) is 66.4 cm³/mol. The molecule has 3 rings (SSSR count). The third kappa shape index (κ3) is 2.44. The molecule has 7 nitrogen and oxygen atoms in total. The summed E-state index contributed by atoms with van der Waals surface area (Å²) in [5.41, 5.74) is 5.59. The molecule has 0 bridgehead atoms. The molecule has 7 heteroatoms. The maximum Gasteiger partial charge on any atom is 0.215 e. The highest BCUT2D eigenvalue weighted by Gasteiger charge is 2.30. The Morgan fingerprint density at radius 3 is 2.95 bits per heavy atom. The molecule has 1 aliphatic carbocycles. The summed E-state index contributed by atoms with van der Waals surface area (Å²) < 4.78 is 9.90. The molecule has 2 heterocycles. The number of nitrogen functional groups attached to an aromatic ring is 1. The third-order valence-electron chi connectivity index (χ3n) is 3.32. The molecule has 0 unspecified atom stereocenters. The highest BCUT2D eigenvalue weighted by Crippen LogP contribution is 2.33. The second-order valence-corrected chi connectivity index (χ2v) is 4.73. The van der Waals surface area contributed by atoms with Gasteiger partial charge in [-0.1, -0.05) is 0 Å². The van der Waals surface area contributed by atoms with Crippen LogP contribution in [0.1, 0.15) is 30.9 Å². The van der Waals surface area contributed by atoms with Crippen LogP contribution in [0.4, 0.5) is 11.6 Å². The Bertz CT molecular complexity index is 563. The standard InChI is InChI=1S/C12H14N4O3/c13-11-12(16-19-15-11)14-8-4-7(5-9(17)6-8)10-2-1-3-18-10/h1-3,7-8H,4-6H2,(H2,13,15)(H,14,16)/t7-,8+/m0/s1. The van der Waals surface area contributed by atoms with Crippen molar-refractivity contribution in [3.05, 3.63) is 24.2 Å². The Morgan fingerprint density at radius 2 is 2.26 bits per heavy atom. The van der Waals surface area contributed by atoms with Crippen LogP contribution in [-0.2, 0) is 4.79 Å². The van der Waals surface area contributed by atoms with E-state index in [-0.39, 0.29) is 23.6 Å². The Labute approximate surface area is 109 Å². The molecule has 19 heavy (non-hydrogen) atoms. The van der Waals surface area contributed by atoms with E-state index < -0.39 is 0 Å². The first kappa shape index (κ1) is 11.8. The lowest BCUT2D eigenvalue weighted by atomic mass is 9.83. The minimum atomic E-state index is -0.0365. The second kappa shape index (κ2) is 4.75. The number of nitrogens with zero attached hydrogens (tertiary/aromatic N) is 2. The van der Waals surface area contributed by atoms with Crippen LogP contribution in [0.5, 0.6) is 0 Å². The van der Waals surface area contributed by atoms with E-state index >= 15 is 0 Å². The zero-order valence-electron chi connectivity index (χ0n) is 10.2. The molecular formula is C12H14N4O3. The van der Waals surface area contributed by atoms with Crippen LogP contribution in [0.3, 0.4) is 0 Å². The normalized spacial score (nSPS) is 23.5. The van der Waals surface area contributed by atoms with Crippen LogP contribution in [0.25, 0.3) is 0 Å². The molecule has 2 atom stereocenters. The number of anilines is 2. The zero-order chi connectivity index (χ0) is 13.2. The van der Waals surface area contributed by atoms with E-state index in [0.717, 1.165) is 12.2 Å². The lowest BCUT2D eigenvalue weighted by Crippen LogP contribution is -2.31. The summed E-state index contributed by atoms with van der Waals surface area (Å²) in [5.74, 6) is 1.71. The maximum absolute atomic E-state index is 11.8. The number of nitrogens with two attached hydrogens (primary N) is 1. The van der Waals surface area contributed by atoms with Crippen LogP contribution >= 0.6 is 0 Å². The van der Waals surface area contributed by atoms with Crippen molar-refractivity contribution in [1.82, 2.24) is 10.3 Å². The lowest BCUT2D eigenvalue weighted by Gasteiger charge is -2.27. The summed E-state index contributed by atoms with van der Waals surface area (Å²) in [4.78, 5) is 11.8. The van der Waals surface area contributed by atoms with Gasteiger partial charge in [-0.15, -0.1) is 0 Å². The Kier molecular flexibility index (Phi) is 2.94. The van der Waals surface area contributed by atoms with Gasteiger partial charge in [-0.3, -0.25) is 4.79 Å². The van der Waals surface area contributed by atoms with Gasteiger partial charge < -0.3 is 15.5 Å². The third-order valence-corrected chi connectivity index (χ3v) is 3.32. The first-order valence-electron chi connectivity index (χ1n) is 6.12. The van der Waals surface area contributed by atoms with Gasteiger partial charge in [0.2, 0.25) is 11.6 Å². The number of hydrogen-bond donors (Lipinski definition) is 2. The van der Waals surface area contributed by atoms with Gasteiger partial charge in [-0.2, -0.15) is 0 Å². The Hall–Kier alpha value is -2.31. The number of Topliss-reactive ketones (excluding diaryl/α,β-unsaturated/α-hetero) is 1. The van der Waals surface area contributed by atoms with Crippen molar-refractivity contribution in [2.24, 2.45) is 0 Å². The first-order chi connectivity index (χ1) is 9.22. The molecule has 0 saturated heterocycles. The lowest BCUT2D eigenvalue weighted by molar-refractivity contribution is -0.121. The van der Waals surface area contributed by atoms with E-state index in [1.54, 1.807) is 6.26 Å².